The van der Waals surface area contributed by atoms with Gasteiger partial charge in [-0.3, -0.25) is 0 Å². The molecule has 2 saturated heterocycles. The molecule has 0 radical (unpaired) electrons. The van der Waals surface area contributed by atoms with Crippen LogP contribution >= 0.6 is 0 Å². The van der Waals surface area contributed by atoms with Crippen LogP contribution in [0.25, 0.3) is 0 Å². The van der Waals surface area contributed by atoms with Crippen molar-refractivity contribution in [1.82, 2.24) is 20.1 Å². The smallest absolute Gasteiger partial charge is 0.117 e. The molecule has 0 aliphatic carbocycles. The molecular formula is C21H32N6. The van der Waals surface area contributed by atoms with Crippen LogP contribution in [0, 0.1) is 0 Å². The predicted octanol–water partition coefficient (Wildman–Crippen LogP) is 1.91. The highest BCUT2D eigenvalue weighted by Crippen LogP contribution is 2.25. The first-order valence-electron chi connectivity index (χ1n) is 9.69. The van der Waals surface area contributed by atoms with Crippen molar-refractivity contribution in [1.29, 1.82) is 0 Å². The minimum atomic E-state index is 0.256. The van der Waals surface area contributed by atoms with Gasteiger partial charge in [0, 0.05) is 37.6 Å². The molecule has 6 nitrogen and oxygen atoms in total. The highest BCUT2D eigenvalue weighted by molar-refractivity contribution is 5.18. The lowest BCUT2D eigenvalue weighted by Gasteiger charge is -2.35. The van der Waals surface area contributed by atoms with Crippen molar-refractivity contribution in [3.63, 3.8) is 0 Å². The van der Waals surface area contributed by atoms with Crippen molar-refractivity contribution in [3.8, 4) is 0 Å². The minimum Gasteiger partial charge on any atom is -0.384 e. The molecule has 6 heteroatoms. The van der Waals surface area contributed by atoms with Crippen molar-refractivity contribution in [2.24, 2.45) is 11.6 Å². The van der Waals surface area contributed by atoms with Gasteiger partial charge < -0.3 is 25.9 Å². The predicted molar refractivity (Wildman–Crippen MR) is 111 cm³/mol. The van der Waals surface area contributed by atoms with E-state index in [-0.39, 0.29) is 6.04 Å². The topological polar surface area (TPSA) is 73.8 Å². The Morgan fingerprint density at radius 3 is 2.59 bits per heavy atom. The highest BCUT2D eigenvalue weighted by Gasteiger charge is 2.28. The SMILES string of the molecule is C=C(NCc1ccccc1)C1CCCN1C(=C)CN(N)/C=C(\N)N1CCC1. The van der Waals surface area contributed by atoms with Gasteiger partial charge in [-0.15, -0.1) is 0 Å². The number of nitrogens with one attached hydrogen (secondary N) is 1. The number of likely N-dealkylation sites (tertiary alicyclic amines) is 2. The Bertz CT molecular complexity index is 679. The number of hydrogen-bond donors (Lipinski definition) is 3. The highest BCUT2D eigenvalue weighted by atomic mass is 15.4. The van der Waals surface area contributed by atoms with E-state index in [0.29, 0.717) is 6.54 Å². The van der Waals surface area contributed by atoms with E-state index in [4.69, 9.17) is 11.6 Å². The maximum absolute atomic E-state index is 6.14. The summed E-state index contributed by atoms with van der Waals surface area (Å²) in [7, 11) is 0. The fourth-order valence-electron chi connectivity index (χ4n) is 3.61. The molecule has 0 spiro atoms. The quantitative estimate of drug-likeness (QED) is 0.457. The molecular weight excluding hydrogens is 336 g/mol. The molecule has 0 amide bonds. The number of rotatable bonds is 9. The largest absolute Gasteiger partial charge is 0.384 e. The zero-order chi connectivity index (χ0) is 19.2. The van der Waals surface area contributed by atoms with Gasteiger partial charge in [-0.2, -0.15) is 0 Å². The van der Waals surface area contributed by atoms with Crippen molar-refractivity contribution in [3.05, 3.63) is 72.5 Å². The van der Waals surface area contributed by atoms with Gasteiger partial charge in [-0.25, -0.2) is 5.84 Å². The third-order valence-electron chi connectivity index (χ3n) is 5.31. The van der Waals surface area contributed by atoms with Gasteiger partial charge in [-0.05, 0) is 24.8 Å². The molecule has 0 bridgehead atoms. The Labute approximate surface area is 162 Å². The molecule has 1 aromatic carbocycles. The summed E-state index contributed by atoms with van der Waals surface area (Å²) in [6.07, 6.45) is 5.21. The third-order valence-corrected chi connectivity index (χ3v) is 5.31. The van der Waals surface area contributed by atoms with Crippen LogP contribution in [0.2, 0.25) is 0 Å². The first-order chi connectivity index (χ1) is 13.0. The van der Waals surface area contributed by atoms with Gasteiger partial charge in [0.2, 0.25) is 0 Å². The fraction of sp³-hybridized carbons (Fsp3) is 0.429. The van der Waals surface area contributed by atoms with Crippen LogP contribution in [-0.4, -0.2) is 47.0 Å². The maximum Gasteiger partial charge on any atom is 0.117 e. The van der Waals surface area contributed by atoms with E-state index in [1.54, 1.807) is 11.2 Å². The lowest BCUT2D eigenvalue weighted by atomic mass is 10.1. The Balaban J connectivity index is 1.51. The van der Waals surface area contributed by atoms with E-state index in [1.807, 2.05) is 6.07 Å². The summed E-state index contributed by atoms with van der Waals surface area (Å²) < 4.78 is 0. The zero-order valence-electron chi connectivity index (χ0n) is 16.1. The summed E-state index contributed by atoms with van der Waals surface area (Å²) in [5, 5.41) is 5.11. The average molecular weight is 369 g/mol. The molecule has 3 rings (SSSR count). The van der Waals surface area contributed by atoms with E-state index in [2.05, 4.69) is 52.5 Å². The standard InChI is InChI=1S/C21H32N6/c1-17(15-26(23)16-21(22)25-11-7-12-25)27-13-6-10-20(27)18(2)24-14-19-8-4-3-5-9-19/h3-5,8-9,16,20,24H,1-2,6-7,10-15,22-23H2/b21-16+. The first kappa shape index (κ1) is 19.2. The van der Waals surface area contributed by atoms with Crippen molar-refractivity contribution < 1.29 is 0 Å². The van der Waals surface area contributed by atoms with Gasteiger partial charge in [0.05, 0.1) is 18.8 Å². The van der Waals surface area contributed by atoms with Crippen LogP contribution in [0.15, 0.2) is 66.9 Å². The number of hydrazine groups is 1. The van der Waals surface area contributed by atoms with E-state index in [9.17, 15) is 0 Å². The fourth-order valence-corrected chi connectivity index (χ4v) is 3.61. The molecule has 1 unspecified atom stereocenters. The van der Waals surface area contributed by atoms with Crippen molar-refractivity contribution in [2.45, 2.75) is 31.8 Å². The molecule has 5 N–H and O–H groups in total. The Kier molecular flexibility index (Phi) is 6.29. The van der Waals surface area contributed by atoms with Crippen LogP contribution in [0.1, 0.15) is 24.8 Å². The van der Waals surface area contributed by atoms with Gasteiger partial charge in [0.1, 0.15) is 5.82 Å². The Morgan fingerprint density at radius 2 is 1.93 bits per heavy atom. The maximum atomic E-state index is 6.14. The number of nitrogens with zero attached hydrogens (tertiary/aromatic N) is 3. The summed E-state index contributed by atoms with van der Waals surface area (Å²) in [4.78, 5) is 4.43. The summed E-state index contributed by atoms with van der Waals surface area (Å²) in [6.45, 7) is 12.9. The summed E-state index contributed by atoms with van der Waals surface area (Å²) in [5.41, 5.74) is 9.36. The van der Waals surface area contributed by atoms with Gasteiger partial charge in [0.25, 0.3) is 0 Å². The summed E-state index contributed by atoms with van der Waals surface area (Å²) >= 11 is 0. The second-order valence-electron chi connectivity index (χ2n) is 7.35. The molecule has 2 aliphatic heterocycles. The second kappa shape index (κ2) is 8.86. The van der Waals surface area contributed by atoms with Crippen LogP contribution in [0.4, 0.5) is 0 Å². The minimum absolute atomic E-state index is 0.256. The van der Waals surface area contributed by atoms with Crippen LogP contribution in [0.5, 0.6) is 0 Å². The Morgan fingerprint density at radius 1 is 1.19 bits per heavy atom. The zero-order valence-corrected chi connectivity index (χ0v) is 16.1. The van der Waals surface area contributed by atoms with Crippen LogP contribution in [0.3, 0.4) is 0 Å². The lowest BCUT2D eigenvalue weighted by molar-refractivity contribution is 0.226. The first-order valence-corrected chi connectivity index (χ1v) is 9.69. The van der Waals surface area contributed by atoms with Crippen LogP contribution in [-0.2, 0) is 6.54 Å². The van der Waals surface area contributed by atoms with Gasteiger partial charge >= 0.3 is 0 Å². The summed E-state index contributed by atoms with van der Waals surface area (Å²) in [6, 6.07) is 10.6. The number of hydrogen-bond acceptors (Lipinski definition) is 6. The normalized spacial score (nSPS) is 19.6. The number of benzene rings is 1. The van der Waals surface area contributed by atoms with Crippen molar-refractivity contribution in [2.75, 3.05) is 26.2 Å². The molecule has 2 fully saturated rings. The molecule has 1 atom stereocenters. The van der Waals surface area contributed by atoms with E-state index in [0.717, 1.165) is 56.2 Å². The van der Waals surface area contributed by atoms with E-state index >= 15 is 0 Å². The second-order valence-corrected chi connectivity index (χ2v) is 7.35. The Hall–Kier alpha value is -2.60. The number of nitrogens with two attached hydrogens (primary N) is 2. The van der Waals surface area contributed by atoms with Gasteiger partial charge in [0.15, 0.2) is 0 Å². The molecule has 27 heavy (non-hydrogen) atoms. The molecule has 146 valence electrons. The lowest BCUT2D eigenvalue weighted by Crippen LogP contribution is -2.42. The van der Waals surface area contributed by atoms with Crippen LogP contribution < -0.4 is 16.9 Å². The van der Waals surface area contributed by atoms with Crippen molar-refractivity contribution >= 4 is 0 Å². The monoisotopic (exact) mass is 368 g/mol. The molecule has 2 aliphatic rings. The molecule has 0 saturated carbocycles. The van der Waals surface area contributed by atoms with E-state index < -0.39 is 0 Å². The molecule has 1 aromatic rings. The summed E-state index contributed by atoms with van der Waals surface area (Å²) in [5.74, 6) is 6.87. The molecule has 0 aromatic heterocycles. The average Bonchev–Trinajstić information content (AvgIpc) is 3.08. The third kappa shape index (κ3) is 4.98. The molecule has 2 heterocycles. The van der Waals surface area contributed by atoms with Gasteiger partial charge in [-0.1, -0.05) is 43.5 Å². The van der Waals surface area contributed by atoms with E-state index in [1.165, 1.54) is 12.0 Å².